The predicted molar refractivity (Wildman–Crippen MR) is 62.9 cm³/mol. The first-order chi connectivity index (χ1) is 8.27. The summed E-state index contributed by atoms with van der Waals surface area (Å²) >= 11 is 0. The van der Waals surface area contributed by atoms with Crippen LogP contribution in [0.3, 0.4) is 0 Å². The number of carbonyl (C=O) groups excluding carboxylic acids is 1. The molecule has 0 fully saturated rings. The van der Waals surface area contributed by atoms with Crippen molar-refractivity contribution < 1.29 is 14.3 Å². The van der Waals surface area contributed by atoms with Crippen molar-refractivity contribution >= 4 is 16.9 Å². The summed E-state index contributed by atoms with van der Waals surface area (Å²) in [6.45, 7) is 1.26. The zero-order valence-electron chi connectivity index (χ0n) is 9.84. The van der Waals surface area contributed by atoms with Crippen molar-refractivity contribution in [3.05, 3.63) is 30.2 Å². The third kappa shape index (κ3) is 2.14. The van der Waals surface area contributed by atoms with Gasteiger partial charge in [-0.25, -0.2) is 4.79 Å². The van der Waals surface area contributed by atoms with Crippen molar-refractivity contribution in [1.82, 2.24) is 9.55 Å². The predicted octanol–water partition coefficient (Wildman–Crippen LogP) is 1.47. The molecule has 5 heteroatoms. The first-order valence-electron chi connectivity index (χ1n) is 5.28. The molecular weight excluding hydrogens is 220 g/mol. The smallest absolute Gasteiger partial charge is 0.340 e. The van der Waals surface area contributed by atoms with E-state index in [4.69, 9.17) is 9.47 Å². The molecule has 90 valence electrons. The van der Waals surface area contributed by atoms with Gasteiger partial charge in [-0.05, 0) is 6.07 Å². The third-order valence-electron chi connectivity index (χ3n) is 2.63. The van der Waals surface area contributed by atoms with E-state index in [1.54, 1.807) is 25.7 Å². The van der Waals surface area contributed by atoms with Crippen molar-refractivity contribution in [2.24, 2.45) is 0 Å². The van der Waals surface area contributed by atoms with Gasteiger partial charge >= 0.3 is 5.97 Å². The van der Waals surface area contributed by atoms with Gasteiger partial charge in [-0.15, -0.1) is 0 Å². The van der Waals surface area contributed by atoms with Crippen molar-refractivity contribution in [3.8, 4) is 0 Å². The molecule has 2 rings (SSSR count). The molecule has 0 unspecified atom stereocenters. The summed E-state index contributed by atoms with van der Waals surface area (Å²) < 4.78 is 11.7. The van der Waals surface area contributed by atoms with Gasteiger partial charge in [0.15, 0.2) is 0 Å². The van der Waals surface area contributed by atoms with Gasteiger partial charge in [0.05, 0.1) is 31.0 Å². The molecule has 0 amide bonds. The Morgan fingerprint density at radius 2 is 2.29 bits per heavy atom. The Morgan fingerprint density at radius 1 is 1.47 bits per heavy atom. The van der Waals surface area contributed by atoms with E-state index in [0.717, 1.165) is 10.9 Å². The molecule has 2 aromatic heterocycles. The lowest BCUT2D eigenvalue weighted by atomic mass is 10.2. The fourth-order valence-electron chi connectivity index (χ4n) is 1.78. The van der Waals surface area contributed by atoms with E-state index in [0.29, 0.717) is 18.7 Å². The van der Waals surface area contributed by atoms with Crippen LogP contribution in [-0.4, -0.2) is 36.3 Å². The van der Waals surface area contributed by atoms with Crippen molar-refractivity contribution in [3.63, 3.8) is 0 Å². The minimum Gasteiger partial charge on any atom is -0.465 e. The highest BCUT2D eigenvalue weighted by atomic mass is 16.5. The van der Waals surface area contributed by atoms with Crippen molar-refractivity contribution in [2.45, 2.75) is 6.54 Å². The first kappa shape index (κ1) is 11.6. The summed E-state index contributed by atoms with van der Waals surface area (Å²) in [7, 11) is 3.02. The van der Waals surface area contributed by atoms with E-state index in [1.807, 2.05) is 10.6 Å². The quantitative estimate of drug-likeness (QED) is 0.752. The van der Waals surface area contributed by atoms with Crippen LogP contribution in [-0.2, 0) is 16.0 Å². The van der Waals surface area contributed by atoms with Crippen LogP contribution >= 0.6 is 0 Å². The Bertz CT molecular complexity index is 534. The number of pyridine rings is 1. The van der Waals surface area contributed by atoms with Gasteiger partial charge in [-0.2, -0.15) is 0 Å². The molecule has 0 spiro atoms. The van der Waals surface area contributed by atoms with Crippen LogP contribution in [0.2, 0.25) is 0 Å². The number of hydrogen-bond donors (Lipinski definition) is 0. The van der Waals surface area contributed by atoms with Crippen LogP contribution in [0.5, 0.6) is 0 Å². The minimum atomic E-state index is -0.336. The number of esters is 1. The lowest BCUT2D eigenvalue weighted by Crippen LogP contribution is -2.03. The molecule has 0 atom stereocenters. The molecule has 0 bridgehead atoms. The largest absolute Gasteiger partial charge is 0.465 e. The molecular formula is C12H14N2O3. The Kier molecular flexibility index (Phi) is 3.39. The van der Waals surface area contributed by atoms with Crippen LogP contribution in [0, 0.1) is 0 Å². The number of ether oxygens (including phenoxy) is 2. The van der Waals surface area contributed by atoms with Crippen LogP contribution < -0.4 is 0 Å². The summed E-state index contributed by atoms with van der Waals surface area (Å²) in [5, 5.41) is 0.850. The number of nitrogens with zero attached hydrogens (tertiary/aromatic N) is 2. The van der Waals surface area contributed by atoms with Gasteiger partial charge < -0.3 is 14.0 Å². The van der Waals surface area contributed by atoms with Gasteiger partial charge in [-0.3, -0.25) is 4.98 Å². The van der Waals surface area contributed by atoms with Crippen molar-refractivity contribution in [1.29, 1.82) is 0 Å². The topological polar surface area (TPSA) is 53.4 Å². The average molecular weight is 234 g/mol. The summed E-state index contributed by atoms with van der Waals surface area (Å²) in [6, 6.07) is 1.81. The number of rotatable bonds is 4. The van der Waals surface area contributed by atoms with Crippen LogP contribution in [0.1, 0.15) is 10.4 Å². The maximum absolute atomic E-state index is 11.6. The molecule has 0 aliphatic heterocycles. The highest BCUT2D eigenvalue weighted by Crippen LogP contribution is 2.20. The molecule has 0 aliphatic rings. The number of hydrogen-bond acceptors (Lipinski definition) is 4. The summed E-state index contributed by atoms with van der Waals surface area (Å²) in [4.78, 5) is 15.7. The zero-order chi connectivity index (χ0) is 12.3. The average Bonchev–Trinajstić information content (AvgIpc) is 2.74. The number of aromatic nitrogens is 2. The molecule has 2 aromatic rings. The van der Waals surface area contributed by atoms with E-state index < -0.39 is 0 Å². The number of fused-ring (bicyclic) bond motifs is 1. The Hall–Kier alpha value is -1.88. The van der Waals surface area contributed by atoms with Crippen LogP contribution in [0.15, 0.2) is 24.7 Å². The van der Waals surface area contributed by atoms with Gasteiger partial charge in [-0.1, -0.05) is 0 Å². The molecule has 0 saturated carbocycles. The van der Waals surface area contributed by atoms with E-state index in [-0.39, 0.29) is 5.97 Å². The molecule has 17 heavy (non-hydrogen) atoms. The highest BCUT2D eigenvalue weighted by molar-refractivity contribution is 6.04. The minimum absolute atomic E-state index is 0.336. The van der Waals surface area contributed by atoms with Crippen molar-refractivity contribution in [2.75, 3.05) is 20.8 Å². The van der Waals surface area contributed by atoms with Crippen LogP contribution in [0.25, 0.3) is 10.9 Å². The maximum atomic E-state index is 11.6. The molecule has 0 N–H and O–H groups in total. The summed E-state index contributed by atoms with van der Waals surface area (Å²) in [5.41, 5.74) is 1.46. The van der Waals surface area contributed by atoms with Crippen LogP contribution in [0.4, 0.5) is 0 Å². The SMILES string of the molecule is COCCn1cc(C(=O)OC)c2ccncc21. The summed E-state index contributed by atoms with van der Waals surface area (Å²) in [5.74, 6) is -0.336. The van der Waals surface area contributed by atoms with E-state index in [9.17, 15) is 4.79 Å². The van der Waals surface area contributed by atoms with E-state index >= 15 is 0 Å². The second-order valence-corrected chi connectivity index (χ2v) is 3.61. The maximum Gasteiger partial charge on any atom is 0.340 e. The standard InChI is InChI=1S/C12H14N2O3/c1-16-6-5-14-8-10(12(15)17-2)9-3-4-13-7-11(9)14/h3-4,7-8H,5-6H2,1-2H3. The monoisotopic (exact) mass is 234 g/mol. The zero-order valence-corrected chi connectivity index (χ0v) is 9.84. The lowest BCUT2D eigenvalue weighted by molar-refractivity contribution is 0.0602. The second-order valence-electron chi connectivity index (χ2n) is 3.61. The fraction of sp³-hybridized carbons (Fsp3) is 0.333. The number of methoxy groups -OCH3 is 2. The second kappa shape index (κ2) is 4.97. The molecule has 2 heterocycles. The Labute approximate surface area is 99.0 Å². The fourth-order valence-corrected chi connectivity index (χ4v) is 1.78. The Balaban J connectivity index is 2.50. The molecule has 0 aromatic carbocycles. The summed E-state index contributed by atoms with van der Waals surface area (Å²) in [6.07, 6.45) is 5.17. The molecule has 0 aliphatic carbocycles. The van der Waals surface area contributed by atoms with Gasteiger partial charge in [0.25, 0.3) is 0 Å². The van der Waals surface area contributed by atoms with E-state index in [2.05, 4.69) is 4.98 Å². The van der Waals surface area contributed by atoms with Gasteiger partial charge in [0.1, 0.15) is 0 Å². The lowest BCUT2D eigenvalue weighted by Gasteiger charge is -2.02. The highest BCUT2D eigenvalue weighted by Gasteiger charge is 2.14. The molecule has 5 nitrogen and oxygen atoms in total. The molecule has 0 saturated heterocycles. The number of carbonyl (C=O) groups is 1. The molecule has 0 radical (unpaired) electrons. The Morgan fingerprint density at radius 3 is 3.00 bits per heavy atom. The normalized spacial score (nSPS) is 10.7. The van der Waals surface area contributed by atoms with Gasteiger partial charge in [0, 0.05) is 31.4 Å². The van der Waals surface area contributed by atoms with E-state index in [1.165, 1.54) is 7.11 Å². The van der Waals surface area contributed by atoms with Gasteiger partial charge in [0.2, 0.25) is 0 Å². The third-order valence-corrected chi connectivity index (χ3v) is 2.63. The first-order valence-corrected chi connectivity index (χ1v) is 5.28.